The van der Waals surface area contributed by atoms with Gasteiger partial charge in [-0.25, -0.2) is 0 Å². The van der Waals surface area contributed by atoms with Crippen LogP contribution in [-0.4, -0.2) is 45.6 Å². The maximum absolute atomic E-state index is 6.88. The number of methoxy groups -OCH3 is 4. The van der Waals surface area contributed by atoms with Crippen molar-refractivity contribution >= 4 is 0 Å². The molecule has 0 aliphatic rings. The molecule has 0 bridgehead atoms. The van der Waals surface area contributed by atoms with Gasteiger partial charge in [0.05, 0.1) is 0 Å². The summed E-state index contributed by atoms with van der Waals surface area (Å²) in [5.74, 6) is -1.08. The maximum Gasteiger partial charge on any atom is 0.310 e. The molecule has 1 atom stereocenters. The van der Waals surface area contributed by atoms with Gasteiger partial charge < -0.3 is 24.1 Å². The van der Waals surface area contributed by atoms with Crippen molar-refractivity contribution in [2.45, 2.75) is 25.4 Å². The van der Waals surface area contributed by atoms with E-state index in [0.29, 0.717) is 0 Å². The van der Waals surface area contributed by atoms with Gasteiger partial charge >= 0.3 is 5.97 Å². The normalized spacial score (nSPS) is 12.3. The van der Waals surface area contributed by atoms with Crippen LogP contribution in [0.3, 0.4) is 0 Å². The molecule has 0 radical (unpaired) electrons. The minimum atomic E-state index is -1.08. The summed E-state index contributed by atoms with van der Waals surface area (Å²) < 4.78 is 20.5. The first kappa shape index (κ1) is 16.6. The van der Waals surface area contributed by atoms with E-state index in [1.165, 1.54) is 21.3 Å². The summed E-state index contributed by atoms with van der Waals surface area (Å²) in [6.45, 7) is 1.97. The highest BCUT2D eigenvalue weighted by Crippen LogP contribution is 2.21. The molecular formula is C9H19NO5. The second kappa shape index (κ2) is 9.68. The van der Waals surface area contributed by atoms with Crippen LogP contribution in [0.1, 0.15) is 13.3 Å². The third-order valence-corrected chi connectivity index (χ3v) is 1.90. The highest BCUT2D eigenvalue weighted by atomic mass is 16.9. The Morgan fingerprint density at radius 1 is 1.20 bits per heavy atom. The number of nitriles is 1. The second-order valence-corrected chi connectivity index (χ2v) is 2.45. The maximum atomic E-state index is 6.88. The van der Waals surface area contributed by atoms with Gasteiger partial charge in [0.2, 0.25) is 0 Å². The molecule has 0 saturated heterocycles. The summed E-state index contributed by atoms with van der Waals surface area (Å²) in [5, 5.41) is 13.8. The zero-order chi connectivity index (χ0) is 12.3. The van der Waals surface area contributed by atoms with E-state index in [9.17, 15) is 0 Å². The Hall–Kier alpha value is -0.870. The first-order valence-electron chi connectivity index (χ1n) is 4.33. The van der Waals surface area contributed by atoms with Gasteiger partial charge in [0, 0.05) is 28.4 Å². The molecule has 0 heterocycles. The molecule has 0 aliphatic heterocycles. The van der Waals surface area contributed by atoms with E-state index in [2.05, 4.69) is 0 Å². The lowest BCUT2D eigenvalue weighted by Gasteiger charge is -2.34. The van der Waals surface area contributed by atoms with Crippen molar-refractivity contribution in [1.29, 1.82) is 5.26 Å². The fraction of sp³-hybridized carbons (Fsp3) is 0.889. The summed E-state index contributed by atoms with van der Waals surface area (Å²) in [6, 6.07) is 0. The fourth-order valence-electron chi connectivity index (χ4n) is 1.21. The molecule has 15 heavy (non-hydrogen) atoms. The van der Waals surface area contributed by atoms with Crippen LogP contribution in [0.5, 0.6) is 0 Å². The number of aliphatic hydroxyl groups excluding tert-OH is 1. The van der Waals surface area contributed by atoms with Gasteiger partial charge in [0.1, 0.15) is 6.10 Å². The van der Waals surface area contributed by atoms with Crippen LogP contribution in [0.25, 0.3) is 0 Å². The third-order valence-electron chi connectivity index (χ3n) is 1.90. The van der Waals surface area contributed by atoms with Crippen LogP contribution < -0.4 is 0 Å². The predicted octanol–water partition coefficient (Wildman–Crippen LogP) is 0.844. The predicted molar refractivity (Wildman–Crippen MR) is 52.4 cm³/mol. The van der Waals surface area contributed by atoms with Crippen molar-refractivity contribution in [1.82, 2.24) is 0 Å². The fourth-order valence-corrected chi connectivity index (χ4v) is 1.21. The molecule has 0 fully saturated rings. The Morgan fingerprint density at radius 3 is 1.60 bits per heavy atom. The average molecular weight is 221 g/mol. The molecule has 0 aromatic heterocycles. The number of hydrogen-bond donors (Lipinski definition) is 1. The zero-order valence-corrected chi connectivity index (χ0v) is 9.81. The van der Waals surface area contributed by atoms with Crippen molar-refractivity contribution < 1.29 is 24.1 Å². The standard InChI is InChI=1S/C8H18O4.CHNO/c1-6-7(9-2)8(10-3,11-4)12-5;2-1-3/h7H,6H2,1-5H3;3H. The topological polar surface area (TPSA) is 80.9 Å². The van der Waals surface area contributed by atoms with Gasteiger partial charge in [-0.05, 0) is 6.42 Å². The van der Waals surface area contributed by atoms with Crippen molar-refractivity contribution in [3.63, 3.8) is 0 Å². The molecule has 90 valence electrons. The SMILES string of the molecule is CCC(OC)C(OC)(OC)OC.N#CO. The Bertz CT molecular complexity index is 164. The lowest BCUT2D eigenvalue weighted by molar-refractivity contribution is -0.391. The number of nitrogens with zero attached hydrogens (tertiary/aromatic N) is 1. The van der Waals surface area contributed by atoms with Crippen molar-refractivity contribution in [2.24, 2.45) is 0 Å². The molecule has 1 N–H and O–H groups in total. The molecule has 6 heteroatoms. The summed E-state index contributed by atoms with van der Waals surface area (Å²) in [7, 11) is 6.16. The molecule has 0 saturated carbocycles. The van der Waals surface area contributed by atoms with Gasteiger partial charge in [0.25, 0.3) is 6.26 Å². The van der Waals surface area contributed by atoms with E-state index in [-0.39, 0.29) is 6.10 Å². The second-order valence-electron chi connectivity index (χ2n) is 2.45. The molecule has 0 spiro atoms. The van der Waals surface area contributed by atoms with Crippen LogP contribution in [-0.2, 0) is 18.9 Å². The first-order valence-corrected chi connectivity index (χ1v) is 4.33. The van der Waals surface area contributed by atoms with Crippen molar-refractivity contribution in [2.75, 3.05) is 28.4 Å². The molecular weight excluding hydrogens is 202 g/mol. The molecule has 0 aromatic rings. The highest BCUT2D eigenvalue weighted by Gasteiger charge is 2.39. The van der Waals surface area contributed by atoms with E-state index in [1.807, 2.05) is 6.92 Å². The van der Waals surface area contributed by atoms with Crippen LogP contribution >= 0.6 is 0 Å². The number of rotatable bonds is 6. The van der Waals surface area contributed by atoms with E-state index in [4.69, 9.17) is 29.3 Å². The van der Waals surface area contributed by atoms with Gasteiger partial charge in [0.15, 0.2) is 0 Å². The largest absolute Gasteiger partial charge is 0.443 e. The lowest BCUT2D eigenvalue weighted by atomic mass is 10.2. The van der Waals surface area contributed by atoms with Gasteiger partial charge in [-0.2, -0.15) is 5.26 Å². The monoisotopic (exact) mass is 221 g/mol. The van der Waals surface area contributed by atoms with Crippen molar-refractivity contribution in [3.05, 3.63) is 0 Å². The van der Waals surface area contributed by atoms with Crippen molar-refractivity contribution in [3.8, 4) is 6.26 Å². The Morgan fingerprint density at radius 2 is 1.53 bits per heavy atom. The number of ether oxygens (including phenoxy) is 4. The Kier molecular flexibility index (Phi) is 10.7. The molecule has 6 nitrogen and oxygen atoms in total. The quantitative estimate of drug-likeness (QED) is 0.529. The average Bonchev–Trinajstić information content (AvgIpc) is 2.27. The highest BCUT2D eigenvalue weighted by molar-refractivity contribution is 4.68. The minimum absolute atomic E-state index is 0.225. The van der Waals surface area contributed by atoms with Crippen LogP contribution in [0.2, 0.25) is 0 Å². The van der Waals surface area contributed by atoms with E-state index >= 15 is 0 Å². The van der Waals surface area contributed by atoms with Gasteiger partial charge in [-0.3, -0.25) is 0 Å². The lowest BCUT2D eigenvalue weighted by Crippen LogP contribution is -2.48. The Labute approximate surface area is 90.3 Å². The molecule has 0 amide bonds. The summed E-state index contributed by atoms with van der Waals surface area (Å²) in [4.78, 5) is 0. The van der Waals surface area contributed by atoms with Crippen LogP contribution in [0.15, 0.2) is 0 Å². The smallest absolute Gasteiger partial charge is 0.310 e. The van der Waals surface area contributed by atoms with Gasteiger partial charge in [-0.1, -0.05) is 6.92 Å². The minimum Gasteiger partial charge on any atom is -0.443 e. The summed E-state index contributed by atoms with van der Waals surface area (Å²) in [6.07, 6.45) is 1.28. The van der Waals surface area contributed by atoms with Crippen LogP contribution in [0, 0.1) is 11.5 Å². The summed E-state index contributed by atoms with van der Waals surface area (Å²) in [5.41, 5.74) is 0. The molecule has 0 aliphatic carbocycles. The first-order chi connectivity index (χ1) is 7.12. The van der Waals surface area contributed by atoms with E-state index < -0.39 is 5.97 Å². The Balaban J connectivity index is 0. The zero-order valence-electron chi connectivity index (χ0n) is 9.81. The molecule has 1 unspecified atom stereocenters. The molecule has 0 rings (SSSR count). The van der Waals surface area contributed by atoms with Gasteiger partial charge in [-0.15, -0.1) is 0 Å². The summed E-state index contributed by atoms with van der Waals surface area (Å²) >= 11 is 0. The van der Waals surface area contributed by atoms with E-state index in [0.717, 1.165) is 12.7 Å². The third kappa shape index (κ3) is 4.95. The van der Waals surface area contributed by atoms with Crippen LogP contribution in [0.4, 0.5) is 0 Å². The number of hydrogen-bond acceptors (Lipinski definition) is 6. The molecule has 0 aromatic carbocycles. The number of aliphatic hydroxyl groups is 1. The van der Waals surface area contributed by atoms with E-state index in [1.54, 1.807) is 7.11 Å².